The fraction of sp³-hybridized carbons (Fsp3) is 0.238. The van der Waals surface area contributed by atoms with E-state index in [1.54, 1.807) is 11.8 Å². The van der Waals surface area contributed by atoms with Crippen molar-refractivity contribution in [1.29, 1.82) is 0 Å². The lowest BCUT2D eigenvalue weighted by Crippen LogP contribution is -2.32. The lowest BCUT2D eigenvalue weighted by molar-refractivity contribution is -0.126. The van der Waals surface area contributed by atoms with Gasteiger partial charge in [0.1, 0.15) is 0 Å². The maximum atomic E-state index is 12.6. The monoisotopic (exact) mass is 454 g/mol. The molecular weight excluding hydrogens is 436 g/mol. The number of rotatable bonds is 5. The molecule has 2 heterocycles. The third kappa shape index (κ3) is 4.37. The SMILES string of the molecule is Cc1nc(-c2cccc(N3C[C@H](C(=O)NCc4cccc(Br)c4)CC3=O)c2)no1. The van der Waals surface area contributed by atoms with Crippen LogP contribution in [-0.2, 0) is 16.1 Å². The molecule has 1 aliphatic rings. The fourth-order valence-electron chi connectivity index (χ4n) is 3.34. The molecule has 0 unspecified atom stereocenters. The van der Waals surface area contributed by atoms with Gasteiger partial charge in [0, 0.05) is 42.2 Å². The van der Waals surface area contributed by atoms with E-state index in [2.05, 4.69) is 31.4 Å². The van der Waals surface area contributed by atoms with Crippen molar-refractivity contribution < 1.29 is 14.1 Å². The fourth-order valence-corrected chi connectivity index (χ4v) is 3.79. The number of anilines is 1. The zero-order chi connectivity index (χ0) is 20.4. The van der Waals surface area contributed by atoms with Crippen LogP contribution in [0.3, 0.4) is 0 Å². The Kier molecular flexibility index (Phi) is 5.44. The third-order valence-corrected chi connectivity index (χ3v) is 5.29. The van der Waals surface area contributed by atoms with Crippen molar-refractivity contribution in [2.45, 2.75) is 19.9 Å². The second kappa shape index (κ2) is 8.16. The number of nitrogens with one attached hydrogen (secondary N) is 1. The predicted molar refractivity (Wildman–Crippen MR) is 111 cm³/mol. The number of benzene rings is 2. The molecule has 8 heteroatoms. The van der Waals surface area contributed by atoms with Crippen LogP contribution in [0.2, 0.25) is 0 Å². The van der Waals surface area contributed by atoms with Crippen molar-refractivity contribution in [3.05, 3.63) is 64.5 Å². The van der Waals surface area contributed by atoms with Gasteiger partial charge in [0.25, 0.3) is 0 Å². The number of hydrogen-bond donors (Lipinski definition) is 1. The number of nitrogens with zero attached hydrogens (tertiary/aromatic N) is 3. The normalized spacial score (nSPS) is 16.3. The Bertz CT molecular complexity index is 1070. The molecule has 1 atom stereocenters. The van der Waals surface area contributed by atoms with Gasteiger partial charge in [0.2, 0.25) is 23.5 Å². The van der Waals surface area contributed by atoms with Gasteiger partial charge in [-0.3, -0.25) is 9.59 Å². The molecule has 1 N–H and O–H groups in total. The first kappa shape index (κ1) is 19.3. The molecule has 0 spiro atoms. The Hall–Kier alpha value is -3.00. The topological polar surface area (TPSA) is 88.3 Å². The summed E-state index contributed by atoms with van der Waals surface area (Å²) in [5.74, 6) is 0.370. The minimum Gasteiger partial charge on any atom is -0.352 e. The van der Waals surface area contributed by atoms with Gasteiger partial charge in [-0.25, -0.2) is 0 Å². The van der Waals surface area contributed by atoms with Gasteiger partial charge in [0.15, 0.2) is 0 Å². The number of carbonyl (C=O) groups excluding carboxylic acids is 2. The van der Waals surface area contributed by atoms with Crippen LogP contribution in [0.4, 0.5) is 5.69 Å². The number of carbonyl (C=O) groups is 2. The Morgan fingerprint density at radius 3 is 2.86 bits per heavy atom. The standard InChI is InChI=1S/C21H19BrN4O3/c1-13-24-20(25-29-13)15-5-3-7-18(9-15)26-12-16(10-19(26)27)21(28)23-11-14-4-2-6-17(22)8-14/h2-9,16H,10-12H2,1H3,(H,23,28)/t16-/m1/s1. The molecule has 2 amide bonds. The van der Waals surface area contributed by atoms with E-state index >= 15 is 0 Å². The van der Waals surface area contributed by atoms with E-state index in [0.29, 0.717) is 24.8 Å². The molecule has 1 saturated heterocycles. The average Bonchev–Trinajstić information content (AvgIpc) is 3.32. The molecule has 4 rings (SSSR count). The molecular formula is C21H19BrN4O3. The van der Waals surface area contributed by atoms with Gasteiger partial charge < -0.3 is 14.7 Å². The molecule has 0 saturated carbocycles. The molecule has 3 aromatic rings. The van der Waals surface area contributed by atoms with Crippen LogP contribution in [0.5, 0.6) is 0 Å². The number of aromatic nitrogens is 2. The average molecular weight is 455 g/mol. The van der Waals surface area contributed by atoms with Gasteiger partial charge in [-0.1, -0.05) is 45.4 Å². The summed E-state index contributed by atoms with van der Waals surface area (Å²) in [7, 11) is 0. The van der Waals surface area contributed by atoms with Crippen LogP contribution >= 0.6 is 15.9 Å². The smallest absolute Gasteiger partial charge is 0.227 e. The van der Waals surface area contributed by atoms with Gasteiger partial charge in [0.05, 0.1) is 5.92 Å². The number of halogens is 1. The minimum atomic E-state index is -0.384. The van der Waals surface area contributed by atoms with Crippen LogP contribution in [0, 0.1) is 12.8 Å². The first-order chi connectivity index (χ1) is 14.0. The highest BCUT2D eigenvalue weighted by atomic mass is 79.9. The van der Waals surface area contributed by atoms with E-state index in [-0.39, 0.29) is 24.2 Å². The molecule has 1 aromatic heterocycles. The quantitative estimate of drug-likeness (QED) is 0.637. The Morgan fingerprint density at radius 2 is 2.10 bits per heavy atom. The summed E-state index contributed by atoms with van der Waals surface area (Å²) in [6.45, 7) is 2.50. The summed E-state index contributed by atoms with van der Waals surface area (Å²) in [5.41, 5.74) is 2.48. The second-order valence-electron chi connectivity index (χ2n) is 6.94. The Labute approximate surface area is 176 Å². The summed E-state index contributed by atoms with van der Waals surface area (Å²) < 4.78 is 5.99. The van der Waals surface area contributed by atoms with Crippen molar-refractivity contribution in [3.63, 3.8) is 0 Å². The van der Waals surface area contributed by atoms with Crippen LogP contribution in [-0.4, -0.2) is 28.5 Å². The Morgan fingerprint density at radius 1 is 1.28 bits per heavy atom. The van der Waals surface area contributed by atoms with Crippen LogP contribution in [0.15, 0.2) is 57.5 Å². The largest absolute Gasteiger partial charge is 0.352 e. The lowest BCUT2D eigenvalue weighted by Gasteiger charge is -2.17. The maximum absolute atomic E-state index is 12.6. The zero-order valence-electron chi connectivity index (χ0n) is 15.8. The zero-order valence-corrected chi connectivity index (χ0v) is 17.3. The highest BCUT2D eigenvalue weighted by molar-refractivity contribution is 9.10. The van der Waals surface area contributed by atoms with Gasteiger partial charge in [-0.05, 0) is 29.8 Å². The highest BCUT2D eigenvalue weighted by Gasteiger charge is 2.35. The molecule has 0 aliphatic carbocycles. The molecule has 1 aliphatic heterocycles. The van der Waals surface area contributed by atoms with Crippen molar-refractivity contribution in [2.75, 3.05) is 11.4 Å². The summed E-state index contributed by atoms with van der Waals surface area (Å²) in [5, 5.41) is 6.85. The van der Waals surface area contributed by atoms with Crippen molar-refractivity contribution in [3.8, 4) is 11.4 Å². The van der Waals surface area contributed by atoms with Gasteiger partial charge in [-0.2, -0.15) is 4.98 Å². The van der Waals surface area contributed by atoms with E-state index in [9.17, 15) is 9.59 Å². The maximum Gasteiger partial charge on any atom is 0.227 e. The molecule has 1 fully saturated rings. The molecule has 0 radical (unpaired) electrons. The lowest BCUT2D eigenvalue weighted by atomic mass is 10.1. The van der Waals surface area contributed by atoms with Gasteiger partial charge >= 0.3 is 0 Å². The Balaban J connectivity index is 1.43. The minimum absolute atomic E-state index is 0.0750. The number of aryl methyl sites for hydroxylation is 1. The summed E-state index contributed by atoms with van der Waals surface area (Å²) >= 11 is 3.42. The van der Waals surface area contributed by atoms with Crippen molar-refractivity contribution in [2.24, 2.45) is 5.92 Å². The second-order valence-corrected chi connectivity index (χ2v) is 7.86. The predicted octanol–water partition coefficient (Wildman–Crippen LogP) is 3.48. The summed E-state index contributed by atoms with van der Waals surface area (Å²) in [6, 6.07) is 15.1. The van der Waals surface area contributed by atoms with E-state index in [1.165, 1.54) is 0 Å². The summed E-state index contributed by atoms with van der Waals surface area (Å²) in [6.07, 6.45) is 0.190. The molecule has 148 valence electrons. The van der Waals surface area contributed by atoms with E-state index in [0.717, 1.165) is 21.3 Å². The number of amides is 2. The van der Waals surface area contributed by atoms with Crippen molar-refractivity contribution >= 4 is 33.4 Å². The van der Waals surface area contributed by atoms with E-state index in [1.807, 2.05) is 48.5 Å². The summed E-state index contributed by atoms with van der Waals surface area (Å²) in [4.78, 5) is 31.0. The highest BCUT2D eigenvalue weighted by Crippen LogP contribution is 2.28. The van der Waals surface area contributed by atoms with Gasteiger partial charge in [-0.15, -0.1) is 0 Å². The van der Waals surface area contributed by atoms with Crippen LogP contribution < -0.4 is 10.2 Å². The van der Waals surface area contributed by atoms with Crippen LogP contribution in [0.1, 0.15) is 17.9 Å². The van der Waals surface area contributed by atoms with E-state index in [4.69, 9.17) is 4.52 Å². The van der Waals surface area contributed by atoms with Crippen molar-refractivity contribution in [1.82, 2.24) is 15.5 Å². The van der Waals surface area contributed by atoms with Crippen LogP contribution in [0.25, 0.3) is 11.4 Å². The first-order valence-corrected chi connectivity index (χ1v) is 10.0. The van der Waals surface area contributed by atoms with E-state index < -0.39 is 0 Å². The molecule has 29 heavy (non-hydrogen) atoms. The molecule has 7 nitrogen and oxygen atoms in total. The molecule has 0 bridgehead atoms. The molecule has 2 aromatic carbocycles. The first-order valence-electron chi connectivity index (χ1n) is 9.23. The third-order valence-electron chi connectivity index (χ3n) is 4.80. The number of hydrogen-bond acceptors (Lipinski definition) is 5.